The van der Waals surface area contributed by atoms with Crippen LogP contribution in [0.3, 0.4) is 0 Å². The lowest BCUT2D eigenvalue weighted by Gasteiger charge is -1.99. The van der Waals surface area contributed by atoms with Gasteiger partial charge in [0.05, 0.1) is 11.9 Å². The van der Waals surface area contributed by atoms with E-state index in [0.717, 1.165) is 36.2 Å². The molecular formula is C15H16N4. The number of aryl methyl sites for hydroxylation is 1. The minimum atomic E-state index is 0.764. The number of nitrogens with zero attached hydrogens (tertiary/aromatic N) is 4. The summed E-state index contributed by atoms with van der Waals surface area (Å²) in [4.78, 5) is 8.84. The summed E-state index contributed by atoms with van der Waals surface area (Å²) >= 11 is 0. The molecule has 96 valence electrons. The third-order valence-electron chi connectivity index (χ3n) is 3.02. The Kier molecular flexibility index (Phi) is 3.23. The van der Waals surface area contributed by atoms with Crippen LogP contribution in [0.25, 0.3) is 11.0 Å². The van der Waals surface area contributed by atoms with Crippen LogP contribution in [0.1, 0.15) is 24.7 Å². The Balaban J connectivity index is 1.89. The molecule has 0 atom stereocenters. The van der Waals surface area contributed by atoms with Gasteiger partial charge in [-0.2, -0.15) is 5.10 Å². The number of aromatic nitrogens is 4. The van der Waals surface area contributed by atoms with Gasteiger partial charge in [-0.1, -0.05) is 37.3 Å². The molecule has 0 aliphatic rings. The fraction of sp³-hybridized carbons (Fsp3) is 0.267. The lowest BCUT2D eigenvalue weighted by atomic mass is 10.2. The highest BCUT2D eigenvalue weighted by molar-refractivity contribution is 5.72. The van der Waals surface area contributed by atoms with E-state index < -0.39 is 0 Å². The lowest BCUT2D eigenvalue weighted by molar-refractivity contribution is 0.692. The van der Waals surface area contributed by atoms with E-state index in [1.807, 2.05) is 35.3 Å². The van der Waals surface area contributed by atoms with Crippen LogP contribution in [0.5, 0.6) is 0 Å². The molecule has 4 heteroatoms. The Bertz CT molecular complexity index is 673. The van der Waals surface area contributed by atoms with E-state index in [2.05, 4.69) is 34.1 Å². The van der Waals surface area contributed by atoms with Crippen molar-refractivity contribution < 1.29 is 0 Å². The van der Waals surface area contributed by atoms with E-state index in [-0.39, 0.29) is 0 Å². The summed E-state index contributed by atoms with van der Waals surface area (Å²) in [7, 11) is 0. The van der Waals surface area contributed by atoms with Crippen molar-refractivity contribution in [2.45, 2.75) is 26.3 Å². The maximum atomic E-state index is 4.52. The summed E-state index contributed by atoms with van der Waals surface area (Å²) in [6.45, 7) is 2.89. The number of hydrogen-bond acceptors (Lipinski definition) is 3. The van der Waals surface area contributed by atoms with Crippen LogP contribution in [-0.4, -0.2) is 19.7 Å². The fourth-order valence-electron chi connectivity index (χ4n) is 2.10. The number of benzene rings is 1. The Hall–Kier alpha value is -2.23. The molecule has 2 heterocycles. The molecule has 0 saturated heterocycles. The van der Waals surface area contributed by atoms with Crippen molar-refractivity contribution in [1.29, 1.82) is 0 Å². The number of fused-ring (bicyclic) bond motifs is 1. The van der Waals surface area contributed by atoms with Gasteiger partial charge in [-0.3, -0.25) is 4.68 Å². The van der Waals surface area contributed by atoms with Gasteiger partial charge < -0.3 is 0 Å². The first kappa shape index (κ1) is 11.8. The number of rotatable bonds is 4. The van der Waals surface area contributed by atoms with Gasteiger partial charge in [-0.25, -0.2) is 9.97 Å². The molecule has 0 aliphatic heterocycles. The molecule has 0 saturated carbocycles. The highest BCUT2D eigenvalue weighted by Crippen LogP contribution is 2.11. The maximum absolute atomic E-state index is 4.52. The van der Waals surface area contributed by atoms with E-state index in [1.165, 1.54) is 5.56 Å². The van der Waals surface area contributed by atoms with Crippen LogP contribution in [0.15, 0.2) is 42.7 Å². The molecule has 3 rings (SSSR count). The molecule has 0 radical (unpaired) electrons. The highest BCUT2D eigenvalue weighted by Gasteiger charge is 2.04. The minimum absolute atomic E-state index is 0.764. The first-order valence-electron chi connectivity index (χ1n) is 6.58. The number of hydrogen-bond donors (Lipinski definition) is 0. The Morgan fingerprint density at radius 3 is 2.79 bits per heavy atom. The minimum Gasteiger partial charge on any atom is -0.265 e. The zero-order chi connectivity index (χ0) is 13.1. The van der Waals surface area contributed by atoms with Crippen LogP contribution in [0, 0.1) is 0 Å². The molecule has 0 amide bonds. The second-order valence-electron chi connectivity index (χ2n) is 4.63. The zero-order valence-electron chi connectivity index (χ0n) is 11.0. The Labute approximate surface area is 112 Å². The second-order valence-corrected chi connectivity index (χ2v) is 4.63. The third-order valence-corrected chi connectivity index (χ3v) is 3.02. The molecule has 4 nitrogen and oxygen atoms in total. The lowest BCUT2D eigenvalue weighted by Crippen LogP contribution is -1.99. The molecule has 0 unspecified atom stereocenters. The van der Waals surface area contributed by atoms with E-state index in [9.17, 15) is 0 Å². The average molecular weight is 252 g/mol. The smallest absolute Gasteiger partial charge is 0.184 e. The molecule has 2 aromatic heterocycles. The van der Waals surface area contributed by atoms with E-state index in [1.54, 1.807) is 0 Å². The first-order valence-corrected chi connectivity index (χ1v) is 6.58. The van der Waals surface area contributed by atoms with E-state index in [4.69, 9.17) is 0 Å². The maximum Gasteiger partial charge on any atom is 0.184 e. The van der Waals surface area contributed by atoms with Crippen LogP contribution in [0.2, 0.25) is 0 Å². The van der Waals surface area contributed by atoms with Crippen LogP contribution in [0.4, 0.5) is 0 Å². The first-order chi connectivity index (χ1) is 9.35. The van der Waals surface area contributed by atoms with Gasteiger partial charge in [0.2, 0.25) is 0 Å². The van der Waals surface area contributed by atoms with Gasteiger partial charge in [0.1, 0.15) is 5.82 Å². The molecule has 0 spiro atoms. The zero-order valence-corrected chi connectivity index (χ0v) is 11.0. The van der Waals surface area contributed by atoms with Crippen molar-refractivity contribution >= 4 is 11.0 Å². The van der Waals surface area contributed by atoms with Crippen LogP contribution >= 0.6 is 0 Å². The fourth-order valence-corrected chi connectivity index (χ4v) is 2.10. The molecule has 0 bridgehead atoms. The second kappa shape index (κ2) is 5.18. The summed E-state index contributed by atoms with van der Waals surface area (Å²) < 4.78 is 1.92. The Morgan fingerprint density at radius 2 is 2.00 bits per heavy atom. The van der Waals surface area contributed by atoms with Crippen molar-refractivity contribution in [3.05, 3.63) is 54.1 Å². The predicted octanol–water partition coefficient (Wildman–Crippen LogP) is 2.83. The summed E-state index contributed by atoms with van der Waals surface area (Å²) in [5.74, 6) is 0.875. The largest absolute Gasteiger partial charge is 0.265 e. The summed E-state index contributed by atoms with van der Waals surface area (Å²) in [5, 5.41) is 5.51. The van der Waals surface area contributed by atoms with E-state index >= 15 is 0 Å². The van der Waals surface area contributed by atoms with Crippen molar-refractivity contribution in [3.63, 3.8) is 0 Å². The van der Waals surface area contributed by atoms with Crippen molar-refractivity contribution in [1.82, 2.24) is 19.7 Å². The predicted molar refractivity (Wildman–Crippen MR) is 74.9 cm³/mol. The summed E-state index contributed by atoms with van der Waals surface area (Å²) in [6, 6.07) is 10.3. The summed E-state index contributed by atoms with van der Waals surface area (Å²) in [5.41, 5.74) is 2.02. The van der Waals surface area contributed by atoms with Crippen molar-refractivity contribution in [2.24, 2.45) is 0 Å². The monoisotopic (exact) mass is 252 g/mol. The molecular weight excluding hydrogens is 236 g/mol. The van der Waals surface area contributed by atoms with Crippen molar-refractivity contribution in [2.75, 3.05) is 0 Å². The normalized spacial score (nSPS) is 11.0. The van der Waals surface area contributed by atoms with E-state index in [0.29, 0.717) is 0 Å². The molecule has 19 heavy (non-hydrogen) atoms. The average Bonchev–Trinajstić information content (AvgIpc) is 2.82. The third kappa shape index (κ3) is 2.62. The molecule has 3 aromatic rings. The van der Waals surface area contributed by atoms with Crippen LogP contribution < -0.4 is 0 Å². The molecule has 1 aromatic carbocycles. The van der Waals surface area contributed by atoms with Crippen LogP contribution in [-0.2, 0) is 13.0 Å². The van der Waals surface area contributed by atoms with Gasteiger partial charge in [0, 0.05) is 18.8 Å². The molecule has 0 aliphatic carbocycles. The van der Waals surface area contributed by atoms with Gasteiger partial charge in [-0.15, -0.1) is 0 Å². The molecule has 0 N–H and O–H groups in total. The van der Waals surface area contributed by atoms with Gasteiger partial charge in [-0.05, 0) is 12.0 Å². The topological polar surface area (TPSA) is 43.6 Å². The Morgan fingerprint density at radius 1 is 1.16 bits per heavy atom. The quantitative estimate of drug-likeness (QED) is 0.717. The SMILES string of the molecule is CCCc1ncc2cn(Cc3ccccc3)nc2n1. The standard InChI is InChI=1S/C15H16N4/c1-2-6-14-16-9-13-11-19(18-15(13)17-14)10-12-7-4-3-5-8-12/h3-5,7-9,11H,2,6,10H2,1H3. The van der Waals surface area contributed by atoms with Gasteiger partial charge >= 0.3 is 0 Å². The van der Waals surface area contributed by atoms with Gasteiger partial charge in [0.15, 0.2) is 5.65 Å². The highest BCUT2D eigenvalue weighted by atomic mass is 15.3. The summed E-state index contributed by atoms with van der Waals surface area (Å²) in [6.07, 6.45) is 5.82. The van der Waals surface area contributed by atoms with Gasteiger partial charge in [0.25, 0.3) is 0 Å². The molecule has 0 fully saturated rings. The van der Waals surface area contributed by atoms with Crippen molar-refractivity contribution in [3.8, 4) is 0 Å².